The van der Waals surface area contributed by atoms with Gasteiger partial charge in [0.15, 0.2) is 0 Å². The van der Waals surface area contributed by atoms with E-state index in [1.54, 1.807) is 24.3 Å². The first-order chi connectivity index (χ1) is 9.69. The number of hydrogen-bond acceptors (Lipinski definition) is 4. The van der Waals surface area contributed by atoms with Crippen LogP contribution in [0.4, 0.5) is 10.5 Å². The van der Waals surface area contributed by atoms with Gasteiger partial charge >= 0.3 is 0 Å². The monoisotopic (exact) mass is 287 g/mol. The van der Waals surface area contributed by atoms with Crippen molar-refractivity contribution < 1.29 is 4.79 Å². The highest BCUT2D eigenvalue weighted by molar-refractivity contribution is 8.14. The lowest BCUT2D eigenvalue weighted by Gasteiger charge is -2.05. The number of carbonyl (C=O) groups is 1. The number of carbonyl (C=O) groups excluding carboxylic acids is 1. The zero-order valence-electron chi connectivity index (χ0n) is 10.6. The van der Waals surface area contributed by atoms with Gasteiger partial charge in [-0.2, -0.15) is 5.10 Å². The summed E-state index contributed by atoms with van der Waals surface area (Å²) in [4.78, 5) is 22.5. The number of nitrogens with one attached hydrogen (secondary N) is 2. The molecule has 2 rings (SSSR count). The number of aromatic nitrogens is 2. The first-order valence-corrected chi connectivity index (χ1v) is 6.88. The van der Waals surface area contributed by atoms with Gasteiger partial charge in [0.25, 0.3) is 10.8 Å². The van der Waals surface area contributed by atoms with Crippen molar-refractivity contribution >= 4 is 22.7 Å². The Bertz CT molecular complexity index is 644. The molecule has 1 aromatic carbocycles. The molecule has 0 atom stereocenters. The maximum Gasteiger partial charge on any atom is 0.283 e. The van der Waals surface area contributed by atoms with Gasteiger partial charge in [0.1, 0.15) is 0 Å². The molecule has 1 aromatic heterocycles. The molecule has 0 aliphatic carbocycles. The first-order valence-electron chi connectivity index (χ1n) is 5.90. The number of anilines is 1. The van der Waals surface area contributed by atoms with Gasteiger partial charge in [-0.3, -0.25) is 9.59 Å². The fraction of sp³-hybridized carbons (Fsp3) is 0.0714. The second-order valence-electron chi connectivity index (χ2n) is 3.90. The summed E-state index contributed by atoms with van der Waals surface area (Å²) in [7, 11) is 0. The molecule has 0 saturated heterocycles. The summed E-state index contributed by atoms with van der Waals surface area (Å²) >= 11 is 1.15. The highest BCUT2D eigenvalue weighted by Crippen LogP contribution is 2.19. The molecule has 20 heavy (non-hydrogen) atoms. The number of aromatic amines is 1. The average Bonchev–Trinajstić information content (AvgIpc) is 2.47. The molecule has 0 unspecified atom stereocenters. The second-order valence-corrected chi connectivity index (χ2v) is 4.89. The van der Waals surface area contributed by atoms with Crippen LogP contribution >= 0.6 is 11.8 Å². The second kappa shape index (κ2) is 6.72. The molecule has 0 saturated carbocycles. The van der Waals surface area contributed by atoms with E-state index >= 15 is 0 Å². The van der Waals surface area contributed by atoms with E-state index < -0.39 is 0 Å². The Morgan fingerprint density at radius 3 is 2.65 bits per heavy atom. The van der Waals surface area contributed by atoms with Crippen LogP contribution in [0.15, 0.2) is 53.8 Å². The third-order valence-electron chi connectivity index (χ3n) is 2.44. The maximum atomic E-state index is 11.5. The quantitative estimate of drug-likeness (QED) is 0.848. The van der Waals surface area contributed by atoms with Crippen LogP contribution in [0.2, 0.25) is 0 Å². The highest BCUT2D eigenvalue weighted by Gasteiger charge is 2.03. The molecule has 0 fully saturated rings. The Hall–Kier alpha value is -2.34. The summed E-state index contributed by atoms with van der Waals surface area (Å²) in [5.74, 6) is 0.575. The van der Waals surface area contributed by atoms with E-state index in [4.69, 9.17) is 0 Å². The van der Waals surface area contributed by atoms with E-state index in [1.807, 2.05) is 12.1 Å². The largest absolute Gasteiger partial charge is 0.317 e. The fourth-order valence-electron chi connectivity index (χ4n) is 1.52. The van der Waals surface area contributed by atoms with Crippen LogP contribution in [-0.4, -0.2) is 21.2 Å². The van der Waals surface area contributed by atoms with Gasteiger partial charge in [0.2, 0.25) is 0 Å². The van der Waals surface area contributed by atoms with Gasteiger partial charge in [0.05, 0.1) is 5.69 Å². The van der Waals surface area contributed by atoms with Crippen molar-refractivity contribution in [2.24, 2.45) is 0 Å². The normalized spacial score (nSPS) is 10.0. The van der Waals surface area contributed by atoms with Crippen LogP contribution in [0.5, 0.6) is 0 Å². The van der Waals surface area contributed by atoms with Crippen LogP contribution in [0, 0.1) is 0 Å². The molecule has 2 aromatic rings. The predicted molar refractivity (Wildman–Crippen MR) is 82.0 cm³/mol. The lowest BCUT2D eigenvalue weighted by Crippen LogP contribution is -2.06. The molecule has 0 spiro atoms. The molecular weight excluding hydrogens is 274 g/mol. The van der Waals surface area contributed by atoms with Crippen molar-refractivity contribution in [3.05, 3.63) is 59.4 Å². The van der Waals surface area contributed by atoms with Gasteiger partial charge in [-0.25, -0.2) is 5.10 Å². The molecule has 0 radical (unpaired) electrons. The van der Waals surface area contributed by atoms with Crippen LogP contribution in [0.1, 0.15) is 0 Å². The molecular formula is C14H13N3O2S. The number of thioether (sulfide) groups is 1. The van der Waals surface area contributed by atoms with E-state index in [-0.39, 0.29) is 10.8 Å². The smallest absolute Gasteiger partial charge is 0.283 e. The average molecular weight is 287 g/mol. The summed E-state index contributed by atoms with van der Waals surface area (Å²) in [6.45, 7) is 3.56. The van der Waals surface area contributed by atoms with Gasteiger partial charge in [-0.05, 0) is 18.2 Å². The number of H-pyrrole nitrogens is 1. The lowest BCUT2D eigenvalue weighted by atomic mass is 10.1. The molecule has 5 nitrogen and oxygen atoms in total. The van der Waals surface area contributed by atoms with Gasteiger partial charge < -0.3 is 5.32 Å². The van der Waals surface area contributed by atoms with Gasteiger partial charge in [-0.1, -0.05) is 30.0 Å². The van der Waals surface area contributed by atoms with E-state index in [0.29, 0.717) is 17.1 Å². The standard InChI is InChI=1S/C14H13N3O2S/c1-2-9-20-14(19)15-11-5-3-10(4-6-11)12-7-8-13(18)17-16-12/h2-8H,1,9H2,(H,15,19)(H,17,18). The van der Waals surface area contributed by atoms with Crippen LogP contribution < -0.4 is 10.9 Å². The molecule has 102 valence electrons. The minimum Gasteiger partial charge on any atom is -0.317 e. The minimum atomic E-state index is -0.239. The Balaban J connectivity index is 2.06. The van der Waals surface area contributed by atoms with Crippen LogP contribution in [-0.2, 0) is 0 Å². The molecule has 1 heterocycles. The molecule has 0 aliphatic heterocycles. The summed E-state index contributed by atoms with van der Waals surface area (Å²) < 4.78 is 0. The van der Waals surface area contributed by atoms with Crippen molar-refractivity contribution in [3.63, 3.8) is 0 Å². The Labute approximate surface area is 120 Å². The number of nitrogens with zero attached hydrogens (tertiary/aromatic N) is 1. The van der Waals surface area contributed by atoms with Gasteiger partial charge in [-0.15, -0.1) is 6.58 Å². The van der Waals surface area contributed by atoms with Crippen LogP contribution in [0.3, 0.4) is 0 Å². The number of benzene rings is 1. The predicted octanol–water partition coefficient (Wildman–Crippen LogP) is 2.89. The van der Waals surface area contributed by atoms with Crippen molar-refractivity contribution in [2.75, 3.05) is 11.1 Å². The van der Waals surface area contributed by atoms with E-state index in [9.17, 15) is 9.59 Å². The summed E-state index contributed by atoms with van der Waals surface area (Å²) in [5.41, 5.74) is 2.00. The zero-order chi connectivity index (χ0) is 14.4. The molecule has 0 aliphatic rings. The zero-order valence-corrected chi connectivity index (χ0v) is 11.4. The van der Waals surface area contributed by atoms with E-state index in [1.165, 1.54) is 6.07 Å². The summed E-state index contributed by atoms with van der Waals surface area (Å²) in [6, 6.07) is 10.3. The fourth-order valence-corrected chi connectivity index (χ4v) is 1.98. The van der Waals surface area contributed by atoms with E-state index in [2.05, 4.69) is 22.1 Å². The third-order valence-corrected chi connectivity index (χ3v) is 3.21. The maximum absolute atomic E-state index is 11.5. The van der Waals surface area contributed by atoms with Crippen molar-refractivity contribution in [3.8, 4) is 11.3 Å². The summed E-state index contributed by atoms with van der Waals surface area (Å²) in [6.07, 6.45) is 1.68. The number of rotatable bonds is 4. The minimum absolute atomic E-state index is 0.125. The van der Waals surface area contributed by atoms with Gasteiger partial charge in [0, 0.05) is 23.1 Å². The Morgan fingerprint density at radius 1 is 1.30 bits per heavy atom. The van der Waals surface area contributed by atoms with Crippen molar-refractivity contribution in [1.29, 1.82) is 0 Å². The third kappa shape index (κ3) is 3.83. The first kappa shape index (κ1) is 14.1. The SMILES string of the molecule is C=CCSC(=O)Nc1ccc(-c2ccc(=O)[nH]n2)cc1. The molecule has 0 bridgehead atoms. The summed E-state index contributed by atoms with van der Waals surface area (Å²) in [5, 5.41) is 8.96. The topological polar surface area (TPSA) is 74.8 Å². The van der Waals surface area contributed by atoms with Crippen molar-refractivity contribution in [1.82, 2.24) is 10.2 Å². The lowest BCUT2D eigenvalue weighted by molar-refractivity contribution is 0.270. The van der Waals surface area contributed by atoms with Crippen molar-refractivity contribution in [2.45, 2.75) is 0 Å². The highest BCUT2D eigenvalue weighted by atomic mass is 32.2. The number of hydrogen-bond donors (Lipinski definition) is 2. The number of amides is 1. The Morgan fingerprint density at radius 2 is 2.05 bits per heavy atom. The Kier molecular flexibility index (Phi) is 4.73. The van der Waals surface area contributed by atoms with Crippen LogP contribution in [0.25, 0.3) is 11.3 Å². The molecule has 1 amide bonds. The van der Waals surface area contributed by atoms with E-state index in [0.717, 1.165) is 17.3 Å². The molecule has 2 N–H and O–H groups in total. The molecule has 6 heteroatoms.